The summed E-state index contributed by atoms with van der Waals surface area (Å²) in [5, 5.41) is 10.6. The lowest BCUT2D eigenvalue weighted by molar-refractivity contribution is 0.206. The monoisotopic (exact) mass is 346 g/mol. The number of aromatic nitrogens is 2. The standard InChI is InChI=1S/C21H22N4O/c1-14-6-8-16(9-7-14)20-18-13-25(11-10-19(18)23-24-20)21(26)22-17-5-3-4-15(2)12-17/h3-9,12H,10-11,13H2,1-2H3,(H,22,26)(H,23,24). The van der Waals surface area contributed by atoms with Crippen molar-refractivity contribution in [3.63, 3.8) is 0 Å². The van der Waals surface area contributed by atoms with Crippen molar-refractivity contribution in [1.82, 2.24) is 15.1 Å². The molecule has 4 rings (SSSR count). The lowest BCUT2D eigenvalue weighted by atomic mass is 10.0. The molecule has 3 aromatic rings. The Kier molecular flexibility index (Phi) is 4.21. The summed E-state index contributed by atoms with van der Waals surface area (Å²) in [6.45, 7) is 5.33. The Hall–Kier alpha value is -3.08. The minimum absolute atomic E-state index is 0.0719. The molecule has 5 nitrogen and oxygen atoms in total. The molecule has 0 atom stereocenters. The van der Waals surface area contributed by atoms with E-state index >= 15 is 0 Å². The first-order chi connectivity index (χ1) is 12.6. The summed E-state index contributed by atoms with van der Waals surface area (Å²) in [6, 6.07) is 16.1. The molecule has 2 amide bonds. The fraction of sp³-hybridized carbons (Fsp3) is 0.238. The highest BCUT2D eigenvalue weighted by molar-refractivity contribution is 5.89. The molecule has 0 spiro atoms. The molecule has 1 aliphatic heterocycles. The number of aromatic amines is 1. The third-order valence-corrected chi connectivity index (χ3v) is 4.82. The van der Waals surface area contributed by atoms with Crippen LogP contribution in [0.25, 0.3) is 11.3 Å². The highest BCUT2D eigenvalue weighted by Gasteiger charge is 2.25. The number of urea groups is 1. The zero-order valence-corrected chi connectivity index (χ0v) is 15.0. The van der Waals surface area contributed by atoms with Crippen molar-refractivity contribution in [2.24, 2.45) is 0 Å². The number of fused-ring (bicyclic) bond motifs is 1. The van der Waals surface area contributed by atoms with Crippen LogP contribution in [0, 0.1) is 13.8 Å². The first kappa shape index (κ1) is 16.4. The Bertz CT molecular complexity index is 943. The van der Waals surface area contributed by atoms with Gasteiger partial charge in [-0.05, 0) is 31.5 Å². The Labute approximate surface area is 153 Å². The molecule has 0 fully saturated rings. The Morgan fingerprint density at radius 2 is 1.92 bits per heavy atom. The smallest absolute Gasteiger partial charge is 0.320 e. The first-order valence-corrected chi connectivity index (χ1v) is 8.86. The van der Waals surface area contributed by atoms with Gasteiger partial charge < -0.3 is 10.2 Å². The molecule has 0 aliphatic carbocycles. The van der Waals surface area contributed by atoms with E-state index in [0.717, 1.165) is 40.2 Å². The second-order valence-corrected chi connectivity index (χ2v) is 6.87. The van der Waals surface area contributed by atoms with Gasteiger partial charge in [-0.2, -0.15) is 5.10 Å². The number of amides is 2. The summed E-state index contributed by atoms with van der Waals surface area (Å²) in [4.78, 5) is 14.5. The number of hydrogen-bond donors (Lipinski definition) is 2. The molecule has 5 heteroatoms. The largest absolute Gasteiger partial charge is 0.322 e. The van der Waals surface area contributed by atoms with Gasteiger partial charge in [-0.25, -0.2) is 4.79 Å². The minimum Gasteiger partial charge on any atom is -0.320 e. The van der Waals surface area contributed by atoms with E-state index in [4.69, 9.17) is 0 Å². The predicted octanol–water partition coefficient (Wildman–Crippen LogP) is 4.28. The van der Waals surface area contributed by atoms with E-state index in [-0.39, 0.29) is 6.03 Å². The molecule has 0 radical (unpaired) electrons. The maximum Gasteiger partial charge on any atom is 0.322 e. The molecule has 26 heavy (non-hydrogen) atoms. The number of nitrogens with zero attached hydrogens (tertiary/aromatic N) is 2. The number of rotatable bonds is 2. The van der Waals surface area contributed by atoms with E-state index in [1.165, 1.54) is 5.56 Å². The fourth-order valence-electron chi connectivity index (χ4n) is 3.34. The summed E-state index contributed by atoms with van der Waals surface area (Å²) in [5.74, 6) is 0. The third-order valence-electron chi connectivity index (χ3n) is 4.82. The molecule has 0 unspecified atom stereocenters. The molecular weight excluding hydrogens is 324 g/mol. The summed E-state index contributed by atoms with van der Waals surface area (Å²) in [6.07, 6.45) is 0.787. The van der Waals surface area contributed by atoms with Gasteiger partial charge in [0, 0.05) is 35.5 Å². The van der Waals surface area contributed by atoms with Gasteiger partial charge in [0.15, 0.2) is 0 Å². The number of nitrogens with one attached hydrogen (secondary N) is 2. The SMILES string of the molecule is Cc1ccc(-c2n[nH]c3c2CN(C(=O)Nc2cccc(C)c2)CC3)cc1. The maximum atomic E-state index is 12.7. The predicted molar refractivity (Wildman–Crippen MR) is 103 cm³/mol. The van der Waals surface area contributed by atoms with Crippen LogP contribution in [-0.2, 0) is 13.0 Å². The quantitative estimate of drug-likeness (QED) is 0.727. The van der Waals surface area contributed by atoms with E-state index in [1.807, 2.05) is 36.1 Å². The van der Waals surface area contributed by atoms with Gasteiger partial charge in [0.1, 0.15) is 0 Å². The van der Waals surface area contributed by atoms with Gasteiger partial charge in [-0.3, -0.25) is 5.10 Å². The molecule has 2 heterocycles. The number of aryl methyl sites for hydroxylation is 2. The summed E-state index contributed by atoms with van der Waals surface area (Å²) in [5.41, 5.74) is 7.42. The van der Waals surface area contributed by atoms with Gasteiger partial charge in [-0.15, -0.1) is 0 Å². The lowest BCUT2D eigenvalue weighted by Gasteiger charge is -2.27. The van der Waals surface area contributed by atoms with Gasteiger partial charge in [-0.1, -0.05) is 42.0 Å². The topological polar surface area (TPSA) is 61.0 Å². The summed E-state index contributed by atoms with van der Waals surface area (Å²) in [7, 11) is 0. The summed E-state index contributed by atoms with van der Waals surface area (Å²) < 4.78 is 0. The van der Waals surface area contributed by atoms with Gasteiger partial charge >= 0.3 is 6.03 Å². The average Bonchev–Trinajstić information content (AvgIpc) is 3.05. The number of hydrogen-bond acceptors (Lipinski definition) is 2. The van der Waals surface area contributed by atoms with Crippen molar-refractivity contribution >= 4 is 11.7 Å². The van der Waals surface area contributed by atoms with E-state index in [1.54, 1.807) is 0 Å². The van der Waals surface area contributed by atoms with Gasteiger partial charge in [0.05, 0.1) is 12.2 Å². The Balaban J connectivity index is 1.54. The van der Waals surface area contributed by atoms with Crippen molar-refractivity contribution < 1.29 is 4.79 Å². The number of H-pyrrole nitrogens is 1. The van der Waals surface area contributed by atoms with Crippen LogP contribution in [0.5, 0.6) is 0 Å². The molecule has 132 valence electrons. The van der Waals surface area contributed by atoms with Crippen LogP contribution in [0.15, 0.2) is 48.5 Å². The van der Waals surface area contributed by atoms with Crippen molar-refractivity contribution in [3.8, 4) is 11.3 Å². The lowest BCUT2D eigenvalue weighted by Crippen LogP contribution is -2.38. The van der Waals surface area contributed by atoms with Crippen LogP contribution in [0.3, 0.4) is 0 Å². The molecule has 1 aliphatic rings. The minimum atomic E-state index is -0.0719. The van der Waals surface area contributed by atoms with E-state index < -0.39 is 0 Å². The van der Waals surface area contributed by atoms with Crippen LogP contribution in [0.1, 0.15) is 22.4 Å². The molecule has 0 saturated heterocycles. The Morgan fingerprint density at radius 1 is 1.12 bits per heavy atom. The number of anilines is 1. The zero-order valence-electron chi connectivity index (χ0n) is 15.0. The molecule has 1 aromatic heterocycles. The van der Waals surface area contributed by atoms with Gasteiger partial charge in [0.25, 0.3) is 0 Å². The van der Waals surface area contributed by atoms with Crippen LogP contribution in [0.2, 0.25) is 0 Å². The van der Waals surface area contributed by atoms with Crippen LogP contribution in [0.4, 0.5) is 10.5 Å². The van der Waals surface area contributed by atoms with Crippen LogP contribution < -0.4 is 5.32 Å². The highest BCUT2D eigenvalue weighted by Crippen LogP contribution is 2.28. The van der Waals surface area contributed by atoms with Crippen LogP contribution >= 0.6 is 0 Å². The second-order valence-electron chi connectivity index (χ2n) is 6.87. The average molecular weight is 346 g/mol. The molecule has 0 saturated carbocycles. The molecule has 2 aromatic carbocycles. The van der Waals surface area contributed by atoms with Crippen molar-refractivity contribution in [2.45, 2.75) is 26.8 Å². The molecule has 2 N–H and O–H groups in total. The fourth-order valence-corrected chi connectivity index (χ4v) is 3.34. The number of benzene rings is 2. The molecular formula is C21H22N4O. The van der Waals surface area contributed by atoms with Gasteiger partial charge in [0.2, 0.25) is 0 Å². The van der Waals surface area contributed by atoms with Crippen LogP contribution in [-0.4, -0.2) is 27.7 Å². The Morgan fingerprint density at radius 3 is 2.69 bits per heavy atom. The third kappa shape index (κ3) is 3.20. The highest BCUT2D eigenvalue weighted by atomic mass is 16.2. The van der Waals surface area contributed by atoms with E-state index in [2.05, 4.69) is 46.7 Å². The molecule has 0 bridgehead atoms. The van der Waals surface area contributed by atoms with Crippen molar-refractivity contribution in [3.05, 3.63) is 70.9 Å². The summed E-state index contributed by atoms with van der Waals surface area (Å²) >= 11 is 0. The second kappa shape index (κ2) is 6.67. The zero-order chi connectivity index (χ0) is 18.1. The number of carbonyl (C=O) groups excluding carboxylic acids is 1. The van der Waals surface area contributed by atoms with E-state index in [9.17, 15) is 4.79 Å². The van der Waals surface area contributed by atoms with Crippen molar-refractivity contribution in [1.29, 1.82) is 0 Å². The van der Waals surface area contributed by atoms with E-state index in [0.29, 0.717) is 13.1 Å². The van der Waals surface area contributed by atoms with Crippen molar-refractivity contribution in [2.75, 3.05) is 11.9 Å². The first-order valence-electron chi connectivity index (χ1n) is 8.86. The normalized spacial score (nSPS) is 13.4. The maximum absolute atomic E-state index is 12.7. The number of carbonyl (C=O) groups is 1.